The number of rotatable bonds is 3. The van der Waals surface area contributed by atoms with Crippen molar-refractivity contribution in [2.45, 2.75) is 12.6 Å². The number of imidazole rings is 1. The van der Waals surface area contributed by atoms with E-state index in [9.17, 15) is 18.0 Å². The van der Waals surface area contributed by atoms with E-state index in [1.807, 2.05) is 6.19 Å². The standard InChI is InChI=1S/C16H14F3N5O/c17-16(18,19)12-1-3-13(4-2-12)24-8-14(21-10-24)22-15(25)11-5-6-23(7-11)9-20/h1-4,8,10-11H,5-7H2,(H,22,25)/t11-/m0/s1. The van der Waals surface area contributed by atoms with Gasteiger partial charge in [-0.25, -0.2) is 4.98 Å². The Morgan fingerprint density at radius 3 is 2.64 bits per heavy atom. The topological polar surface area (TPSA) is 74.0 Å². The van der Waals surface area contributed by atoms with Crippen LogP contribution in [0.25, 0.3) is 5.69 Å². The third-order valence-electron chi connectivity index (χ3n) is 4.03. The van der Waals surface area contributed by atoms with Gasteiger partial charge < -0.3 is 14.8 Å². The van der Waals surface area contributed by atoms with Crippen molar-refractivity contribution < 1.29 is 18.0 Å². The first-order valence-electron chi connectivity index (χ1n) is 7.54. The van der Waals surface area contributed by atoms with Crippen molar-refractivity contribution in [1.29, 1.82) is 5.26 Å². The number of amides is 1. The zero-order valence-electron chi connectivity index (χ0n) is 13.0. The van der Waals surface area contributed by atoms with Crippen LogP contribution in [0.2, 0.25) is 0 Å². The number of nitrogens with one attached hydrogen (secondary N) is 1. The zero-order chi connectivity index (χ0) is 18.0. The summed E-state index contributed by atoms with van der Waals surface area (Å²) in [5.41, 5.74) is -0.231. The molecule has 3 rings (SSSR count). The Bertz CT molecular complexity index is 806. The van der Waals surface area contributed by atoms with Crippen LogP contribution in [0.3, 0.4) is 0 Å². The fraction of sp³-hybridized carbons (Fsp3) is 0.312. The minimum Gasteiger partial charge on any atom is -0.310 e. The number of nitriles is 1. The average molecular weight is 349 g/mol. The first kappa shape index (κ1) is 16.8. The van der Waals surface area contributed by atoms with Gasteiger partial charge in [0.2, 0.25) is 5.91 Å². The first-order chi connectivity index (χ1) is 11.9. The quantitative estimate of drug-likeness (QED) is 0.865. The van der Waals surface area contributed by atoms with E-state index in [0.717, 1.165) is 12.1 Å². The Kier molecular flexibility index (Phi) is 4.35. The molecule has 1 atom stereocenters. The number of hydrogen-bond acceptors (Lipinski definition) is 4. The molecule has 2 aromatic rings. The molecule has 1 aromatic carbocycles. The summed E-state index contributed by atoms with van der Waals surface area (Å²) < 4.78 is 39.3. The van der Waals surface area contributed by atoms with E-state index in [0.29, 0.717) is 31.0 Å². The predicted molar refractivity (Wildman–Crippen MR) is 82.5 cm³/mol. The van der Waals surface area contributed by atoms with E-state index in [2.05, 4.69) is 10.3 Å². The van der Waals surface area contributed by atoms with Crippen molar-refractivity contribution in [3.63, 3.8) is 0 Å². The molecule has 0 radical (unpaired) electrons. The van der Waals surface area contributed by atoms with E-state index in [-0.39, 0.29) is 11.8 Å². The molecule has 1 aliphatic heterocycles. The largest absolute Gasteiger partial charge is 0.416 e. The molecule has 1 N–H and O–H groups in total. The second-order valence-electron chi connectivity index (χ2n) is 5.73. The summed E-state index contributed by atoms with van der Waals surface area (Å²) in [6.07, 6.45) is 1.16. The molecule has 1 aromatic heterocycles. The molecule has 130 valence electrons. The highest BCUT2D eigenvalue weighted by atomic mass is 19.4. The summed E-state index contributed by atoms with van der Waals surface area (Å²) in [6, 6.07) is 4.64. The number of nitrogens with zero attached hydrogens (tertiary/aromatic N) is 4. The fourth-order valence-electron chi connectivity index (χ4n) is 2.64. The van der Waals surface area contributed by atoms with Crippen molar-refractivity contribution in [2.24, 2.45) is 5.92 Å². The minimum absolute atomic E-state index is 0.226. The second kappa shape index (κ2) is 6.47. The molecule has 0 bridgehead atoms. The summed E-state index contributed by atoms with van der Waals surface area (Å²) in [7, 11) is 0. The first-order valence-corrected chi connectivity index (χ1v) is 7.54. The monoisotopic (exact) mass is 349 g/mol. The number of aromatic nitrogens is 2. The molecule has 9 heteroatoms. The van der Waals surface area contributed by atoms with E-state index in [4.69, 9.17) is 5.26 Å². The van der Waals surface area contributed by atoms with Crippen molar-refractivity contribution in [3.05, 3.63) is 42.4 Å². The van der Waals surface area contributed by atoms with Gasteiger partial charge in [-0.2, -0.15) is 18.4 Å². The normalized spacial score (nSPS) is 17.4. The van der Waals surface area contributed by atoms with Crippen molar-refractivity contribution >= 4 is 11.7 Å². The van der Waals surface area contributed by atoms with Crippen LogP contribution in [-0.4, -0.2) is 33.4 Å². The summed E-state index contributed by atoms with van der Waals surface area (Å²) >= 11 is 0. The van der Waals surface area contributed by atoms with E-state index >= 15 is 0 Å². The third-order valence-corrected chi connectivity index (χ3v) is 4.03. The maximum absolute atomic E-state index is 12.6. The van der Waals surface area contributed by atoms with Crippen molar-refractivity contribution in [3.8, 4) is 11.9 Å². The number of carbonyl (C=O) groups excluding carboxylic acids is 1. The number of benzene rings is 1. The number of carbonyl (C=O) groups is 1. The lowest BCUT2D eigenvalue weighted by Crippen LogP contribution is -2.25. The van der Waals surface area contributed by atoms with Crippen LogP contribution >= 0.6 is 0 Å². The van der Waals surface area contributed by atoms with Crippen molar-refractivity contribution in [1.82, 2.24) is 14.5 Å². The summed E-state index contributed by atoms with van der Waals surface area (Å²) in [5.74, 6) is -0.202. The van der Waals surface area contributed by atoms with Gasteiger partial charge in [0, 0.05) is 18.8 Å². The molecule has 6 nitrogen and oxygen atoms in total. The van der Waals surface area contributed by atoms with Gasteiger partial charge in [-0.15, -0.1) is 0 Å². The third kappa shape index (κ3) is 3.74. The molecule has 25 heavy (non-hydrogen) atoms. The molecule has 0 unspecified atom stereocenters. The lowest BCUT2D eigenvalue weighted by Gasteiger charge is -2.09. The van der Waals surface area contributed by atoms with Gasteiger partial charge >= 0.3 is 6.18 Å². The van der Waals surface area contributed by atoms with Gasteiger partial charge in [0.1, 0.15) is 6.33 Å². The molecule has 1 saturated heterocycles. The van der Waals surface area contributed by atoms with Crippen molar-refractivity contribution in [2.75, 3.05) is 18.4 Å². The van der Waals surface area contributed by atoms with Gasteiger partial charge in [0.25, 0.3) is 0 Å². The lowest BCUT2D eigenvalue weighted by molar-refractivity contribution is -0.137. The molecular formula is C16H14F3N5O. The molecule has 1 fully saturated rings. The minimum atomic E-state index is -4.38. The Labute approximate surface area is 141 Å². The number of halogens is 3. The Hall–Kier alpha value is -3.02. The molecule has 1 amide bonds. The molecule has 0 aliphatic carbocycles. The summed E-state index contributed by atoms with van der Waals surface area (Å²) in [4.78, 5) is 17.7. The van der Waals surface area contributed by atoms with Crippen LogP contribution in [0.5, 0.6) is 0 Å². The van der Waals surface area contributed by atoms with Gasteiger partial charge in [-0.3, -0.25) is 4.79 Å². The van der Waals surface area contributed by atoms with Crippen LogP contribution < -0.4 is 5.32 Å². The second-order valence-corrected chi connectivity index (χ2v) is 5.73. The molecule has 1 aliphatic rings. The zero-order valence-corrected chi connectivity index (χ0v) is 13.0. The Morgan fingerprint density at radius 2 is 2.04 bits per heavy atom. The maximum atomic E-state index is 12.6. The summed E-state index contributed by atoms with van der Waals surface area (Å²) in [5, 5.41) is 11.5. The predicted octanol–water partition coefficient (Wildman–Crippen LogP) is 2.63. The van der Waals surface area contributed by atoms with Gasteiger partial charge in [-0.1, -0.05) is 0 Å². The number of hydrogen-bond donors (Lipinski definition) is 1. The summed E-state index contributed by atoms with van der Waals surface area (Å²) in [6.45, 7) is 0.927. The molecule has 0 spiro atoms. The van der Waals surface area contributed by atoms with Gasteiger partial charge in [0.05, 0.1) is 17.7 Å². The lowest BCUT2D eigenvalue weighted by atomic mass is 10.1. The number of alkyl halides is 3. The fourth-order valence-corrected chi connectivity index (χ4v) is 2.64. The highest BCUT2D eigenvalue weighted by Gasteiger charge is 2.30. The van der Waals surface area contributed by atoms with Crippen LogP contribution in [-0.2, 0) is 11.0 Å². The Morgan fingerprint density at radius 1 is 1.32 bits per heavy atom. The average Bonchev–Trinajstić information content (AvgIpc) is 3.23. The molecular weight excluding hydrogens is 335 g/mol. The van der Waals surface area contributed by atoms with Crippen LogP contribution in [0.15, 0.2) is 36.8 Å². The highest BCUT2D eigenvalue weighted by molar-refractivity contribution is 5.92. The number of anilines is 1. The molecule has 2 heterocycles. The maximum Gasteiger partial charge on any atom is 0.416 e. The molecule has 0 saturated carbocycles. The van der Waals surface area contributed by atoms with E-state index in [1.54, 1.807) is 0 Å². The van der Waals surface area contributed by atoms with Crippen LogP contribution in [0, 0.1) is 17.4 Å². The van der Waals surface area contributed by atoms with E-state index in [1.165, 1.54) is 34.1 Å². The Balaban J connectivity index is 1.66. The van der Waals surface area contributed by atoms with Crippen LogP contribution in [0.4, 0.5) is 19.0 Å². The van der Waals surface area contributed by atoms with E-state index < -0.39 is 11.7 Å². The SMILES string of the molecule is N#CN1CC[C@H](C(=O)Nc2cn(-c3ccc(C(F)(F)F)cc3)cn2)C1. The number of likely N-dealkylation sites (tertiary alicyclic amines) is 1. The smallest absolute Gasteiger partial charge is 0.310 e. The highest BCUT2D eigenvalue weighted by Crippen LogP contribution is 2.29. The van der Waals surface area contributed by atoms with Crippen LogP contribution in [0.1, 0.15) is 12.0 Å². The van der Waals surface area contributed by atoms with Gasteiger partial charge in [0.15, 0.2) is 12.0 Å². The van der Waals surface area contributed by atoms with Gasteiger partial charge in [-0.05, 0) is 30.7 Å².